The van der Waals surface area contributed by atoms with Crippen molar-refractivity contribution in [3.05, 3.63) is 59.2 Å². The normalized spacial score (nSPS) is 10.5. The molecule has 0 aliphatic heterocycles. The lowest BCUT2D eigenvalue weighted by atomic mass is 10.1. The van der Waals surface area contributed by atoms with Crippen LogP contribution in [0.4, 0.5) is 8.78 Å². The Kier molecular flexibility index (Phi) is 4.12. The number of ether oxygens (including phenoxy) is 1. The van der Waals surface area contributed by atoms with Gasteiger partial charge in [-0.05, 0) is 55.3 Å². The van der Waals surface area contributed by atoms with Gasteiger partial charge in [0.1, 0.15) is 11.6 Å². The second kappa shape index (κ2) is 5.80. The molecule has 0 heterocycles. The van der Waals surface area contributed by atoms with Gasteiger partial charge in [-0.1, -0.05) is 12.1 Å². The molecule has 19 heavy (non-hydrogen) atoms. The lowest BCUT2D eigenvalue weighted by molar-refractivity contribution is 0.432. The number of halogens is 2. The van der Waals surface area contributed by atoms with E-state index in [2.05, 4.69) is 0 Å². The van der Waals surface area contributed by atoms with Crippen LogP contribution in [0.25, 0.3) is 0 Å². The Balaban J connectivity index is 2.37. The molecule has 0 saturated heterocycles. The van der Waals surface area contributed by atoms with Gasteiger partial charge in [0.15, 0.2) is 11.6 Å². The maximum atomic E-state index is 13.8. The van der Waals surface area contributed by atoms with Crippen LogP contribution in [0, 0.1) is 18.6 Å². The van der Waals surface area contributed by atoms with Crippen LogP contribution in [0.2, 0.25) is 0 Å². The van der Waals surface area contributed by atoms with Gasteiger partial charge in [0.2, 0.25) is 0 Å². The molecule has 0 aromatic heterocycles. The number of rotatable bonds is 4. The summed E-state index contributed by atoms with van der Waals surface area (Å²) in [4.78, 5) is 0. The summed E-state index contributed by atoms with van der Waals surface area (Å²) in [6.45, 7) is 2.12. The largest absolute Gasteiger partial charge is 0.454 e. The van der Waals surface area contributed by atoms with Crippen molar-refractivity contribution in [3.63, 3.8) is 0 Å². The van der Waals surface area contributed by atoms with Gasteiger partial charge >= 0.3 is 0 Å². The maximum absolute atomic E-state index is 13.8. The number of aryl methyl sites for hydroxylation is 1. The molecule has 0 radical (unpaired) electrons. The number of benzene rings is 2. The summed E-state index contributed by atoms with van der Waals surface area (Å²) in [5, 5.41) is 0. The van der Waals surface area contributed by atoms with Crippen molar-refractivity contribution >= 4 is 0 Å². The van der Waals surface area contributed by atoms with E-state index in [9.17, 15) is 8.78 Å². The molecule has 0 saturated carbocycles. The zero-order chi connectivity index (χ0) is 13.8. The van der Waals surface area contributed by atoms with Crippen LogP contribution in [-0.2, 0) is 6.42 Å². The van der Waals surface area contributed by atoms with Gasteiger partial charge in [0.05, 0.1) is 0 Å². The molecule has 0 atom stereocenters. The molecule has 0 amide bonds. The Labute approximate surface area is 110 Å². The molecule has 0 spiro atoms. The zero-order valence-electron chi connectivity index (χ0n) is 10.6. The molecule has 0 unspecified atom stereocenters. The molecule has 0 bridgehead atoms. The molecule has 100 valence electrons. The van der Waals surface area contributed by atoms with Crippen molar-refractivity contribution in [1.29, 1.82) is 0 Å². The first kappa shape index (κ1) is 13.5. The van der Waals surface area contributed by atoms with E-state index in [1.54, 1.807) is 19.1 Å². The van der Waals surface area contributed by atoms with E-state index in [1.807, 2.05) is 0 Å². The SMILES string of the molecule is Cc1cc(F)ccc1Oc1c(F)cccc1CCN. The lowest BCUT2D eigenvalue weighted by Crippen LogP contribution is -2.05. The minimum Gasteiger partial charge on any atom is -0.454 e. The molecule has 0 aliphatic carbocycles. The standard InChI is InChI=1S/C15H15F2NO/c1-10-9-12(16)5-6-14(10)19-15-11(7-8-18)3-2-4-13(15)17/h2-6,9H,7-8,18H2,1H3. The maximum Gasteiger partial charge on any atom is 0.166 e. The van der Waals surface area contributed by atoms with Crippen LogP contribution in [0.5, 0.6) is 11.5 Å². The molecule has 2 aromatic carbocycles. The zero-order valence-corrected chi connectivity index (χ0v) is 10.6. The van der Waals surface area contributed by atoms with Crippen LogP contribution >= 0.6 is 0 Å². The first-order valence-corrected chi connectivity index (χ1v) is 6.03. The number of nitrogens with two attached hydrogens (primary N) is 1. The topological polar surface area (TPSA) is 35.2 Å². The summed E-state index contributed by atoms with van der Waals surface area (Å²) in [5.74, 6) is -0.206. The van der Waals surface area contributed by atoms with Crippen LogP contribution in [0.3, 0.4) is 0 Å². The van der Waals surface area contributed by atoms with Crippen molar-refractivity contribution in [2.24, 2.45) is 5.73 Å². The molecule has 4 heteroatoms. The summed E-state index contributed by atoms with van der Waals surface area (Å²) in [7, 11) is 0. The second-order valence-electron chi connectivity index (χ2n) is 4.28. The van der Waals surface area contributed by atoms with E-state index in [0.29, 0.717) is 29.8 Å². The fourth-order valence-electron chi connectivity index (χ4n) is 1.86. The minimum atomic E-state index is -0.449. The summed E-state index contributed by atoms with van der Waals surface area (Å²) < 4.78 is 32.4. The van der Waals surface area contributed by atoms with Crippen LogP contribution in [0.1, 0.15) is 11.1 Å². The number of hydrogen-bond acceptors (Lipinski definition) is 2. The average molecular weight is 263 g/mol. The highest BCUT2D eigenvalue weighted by atomic mass is 19.1. The molecular weight excluding hydrogens is 248 g/mol. The summed E-state index contributed by atoms with van der Waals surface area (Å²) in [6.07, 6.45) is 0.521. The molecule has 2 N–H and O–H groups in total. The van der Waals surface area contributed by atoms with Gasteiger partial charge in [0, 0.05) is 0 Å². The monoisotopic (exact) mass is 263 g/mol. The third kappa shape index (κ3) is 3.09. The van der Waals surface area contributed by atoms with Gasteiger partial charge in [0.25, 0.3) is 0 Å². The second-order valence-corrected chi connectivity index (χ2v) is 4.28. The smallest absolute Gasteiger partial charge is 0.166 e. The Bertz CT molecular complexity index is 584. The van der Waals surface area contributed by atoms with Gasteiger partial charge in [-0.3, -0.25) is 0 Å². The van der Waals surface area contributed by atoms with E-state index in [-0.39, 0.29) is 11.6 Å². The van der Waals surface area contributed by atoms with E-state index in [0.717, 1.165) is 0 Å². The predicted molar refractivity (Wildman–Crippen MR) is 70.4 cm³/mol. The summed E-state index contributed by atoms with van der Waals surface area (Å²) in [6, 6.07) is 8.83. The fourth-order valence-corrected chi connectivity index (χ4v) is 1.86. The average Bonchev–Trinajstić information content (AvgIpc) is 2.36. The van der Waals surface area contributed by atoms with E-state index < -0.39 is 5.82 Å². The summed E-state index contributed by atoms with van der Waals surface area (Å²) in [5.41, 5.74) is 6.81. The van der Waals surface area contributed by atoms with E-state index in [4.69, 9.17) is 10.5 Å². The van der Waals surface area contributed by atoms with Crippen molar-refractivity contribution in [3.8, 4) is 11.5 Å². The van der Waals surface area contributed by atoms with Crippen molar-refractivity contribution in [2.75, 3.05) is 6.54 Å². The highest BCUT2D eigenvalue weighted by Gasteiger charge is 2.12. The Hall–Kier alpha value is -1.94. The Morgan fingerprint density at radius 3 is 2.63 bits per heavy atom. The van der Waals surface area contributed by atoms with E-state index >= 15 is 0 Å². The predicted octanol–water partition coefficient (Wildman–Crippen LogP) is 3.57. The molecule has 2 nitrogen and oxygen atoms in total. The number of hydrogen-bond donors (Lipinski definition) is 1. The molecule has 2 aromatic rings. The van der Waals surface area contributed by atoms with Gasteiger partial charge in [-0.2, -0.15) is 0 Å². The minimum absolute atomic E-state index is 0.155. The third-order valence-electron chi connectivity index (χ3n) is 2.81. The van der Waals surface area contributed by atoms with E-state index in [1.165, 1.54) is 24.3 Å². The number of para-hydroxylation sites is 1. The van der Waals surface area contributed by atoms with Gasteiger partial charge in [-0.25, -0.2) is 8.78 Å². The first-order valence-electron chi connectivity index (χ1n) is 6.03. The molecular formula is C15H15F2NO. The first-order chi connectivity index (χ1) is 9.11. The van der Waals surface area contributed by atoms with Crippen molar-refractivity contribution in [2.45, 2.75) is 13.3 Å². The molecule has 2 rings (SSSR count). The Morgan fingerprint density at radius 2 is 1.95 bits per heavy atom. The summed E-state index contributed by atoms with van der Waals surface area (Å²) >= 11 is 0. The molecule has 0 aliphatic rings. The van der Waals surface area contributed by atoms with Crippen molar-refractivity contribution in [1.82, 2.24) is 0 Å². The van der Waals surface area contributed by atoms with Gasteiger partial charge in [-0.15, -0.1) is 0 Å². The van der Waals surface area contributed by atoms with Crippen LogP contribution < -0.4 is 10.5 Å². The quantitative estimate of drug-likeness (QED) is 0.915. The highest BCUT2D eigenvalue weighted by molar-refractivity contribution is 5.42. The Morgan fingerprint density at radius 1 is 1.16 bits per heavy atom. The lowest BCUT2D eigenvalue weighted by Gasteiger charge is -2.13. The van der Waals surface area contributed by atoms with Crippen LogP contribution in [-0.4, -0.2) is 6.54 Å². The molecule has 0 fully saturated rings. The highest BCUT2D eigenvalue weighted by Crippen LogP contribution is 2.30. The van der Waals surface area contributed by atoms with Gasteiger partial charge < -0.3 is 10.5 Å². The van der Waals surface area contributed by atoms with Crippen molar-refractivity contribution < 1.29 is 13.5 Å². The third-order valence-corrected chi connectivity index (χ3v) is 2.81. The fraction of sp³-hybridized carbons (Fsp3) is 0.200. The van der Waals surface area contributed by atoms with Crippen LogP contribution in [0.15, 0.2) is 36.4 Å².